The van der Waals surface area contributed by atoms with Crippen LogP contribution in [-0.4, -0.2) is 4.98 Å². The minimum absolute atomic E-state index is 0.558. The van der Waals surface area contributed by atoms with Crippen molar-refractivity contribution < 1.29 is 0 Å². The van der Waals surface area contributed by atoms with Crippen molar-refractivity contribution in [1.29, 1.82) is 0 Å². The zero-order valence-electron chi connectivity index (χ0n) is 8.55. The van der Waals surface area contributed by atoms with E-state index in [4.69, 9.17) is 5.73 Å². The Labute approximate surface area is 97.4 Å². The van der Waals surface area contributed by atoms with Gasteiger partial charge in [-0.2, -0.15) is 0 Å². The molecule has 3 aromatic rings. The highest BCUT2D eigenvalue weighted by Crippen LogP contribution is 2.32. The maximum Gasteiger partial charge on any atom is 0.123 e. The highest BCUT2D eigenvalue weighted by Gasteiger charge is 2.04. The summed E-state index contributed by atoms with van der Waals surface area (Å²) >= 11 is 1.75. The Kier molecular flexibility index (Phi) is 2.11. The van der Waals surface area contributed by atoms with E-state index in [-0.39, 0.29) is 0 Å². The molecule has 0 spiro atoms. The van der Waals surface area contributed by atoms with E-state index in [0.717, 1.165) is 5.56 Å². The molecule has 0 aliphatic rings. The number of aromatic nitrogens is 1. The van der Waals surface area contributed by atoms with Gasteiger partial charge in [-0.1, -0.05) is 18.2 Å². The van der Waals surface area contributed by atoms with Crippen molar-refractivity contribution in [3.05, 3.63) is 48.0 Å². The van der Waals surface area contributed by atoms with E-state index in [2.05, 4.69) is 34.6 Å². The van der Waals surface area contributed by atoms with E-state index in [0.29, 0.717) is 5.82 Å². The molecule has 0 unspecified atom stereocenters. The number of nitrogen functional groups attached to an aromatic ring is 1. The van der Waals surface area contributed by atoms with Gasteiger partial charge in [-0.15, -0.1) is 11.3 Å². The van der Waals surface area contributed by atoms with Gasteiger partial charge in [0.25, 0.3) is 0 Å². The molecule has 0 aliphatic heterocycles. The summed E-state index contributed by atoms with van der Waals surface area (Å²) in [4.78, 5) is 4.13. The number of nitrogens with zero attached hydrogens (tertiary/aromatic N) is 1. The molecule has 0 bridgehead atoms. The van der Waals surface area contributed by atoms with Crippen molar-refractivity contribution in [3.63, 3.8) is 0 Å². The Hall–Kier alpha value is -1.87. The maximum atomic E-state index is 5.59. The van der Waals surface area contributed by atoms with Crippen LogP contribution in [0.4, 0.5) is 5.82 Å². The monoisotopic (exact) mass is 226 g/mol. The van der Waals surface area contributed by atoms with Crippen molar-refractivity contribution in [2.75, 3.05) is 5.73 Å². The average Bonchev–Trinajstić information content (AvgIpc) is 2.78. The van der Waals surface area contributed by atoms with E-state index in [1.807, 2.05) is 18.3 Å². The van der Waals surface area contributed by atoms with Gasteiger partial charge in [0, 0.05) is 22.0 Å². The Morgan fingerprint density at radius 1 is 1.06 bits per heavy atom. The van der Waals surface area contributed by atoms with E-state index in [1.165, 1.54) is 15.6 Å². The normalized spacial score (nSPS) is 10.8. The van der Waals surface area contributed by atoms with Crippen LogP contribution in [-0.2, 0) is 0 Å². The molecule has 3 rings (SSSR count). The van der Waals surface area contributed by atoms with Gasteiger partial charge >= 0.3 is 0 Å². The first-order valence-electron chi connectivity index (χ1n) is 5.03. The molecule has 2 nitrogen and oxygen atoms in total. The number of hydrogen-bond donors (Lipinski definition) is 1. The van der Waals surface area contributed by atoms with Gasteiger partial charge in [-0.05, 0) is 29.0 Å². The number of thiophene rings is 1. The standard InChI is InChI=1S/C13H10N2S/c14-12-5-4-10(8-15-12)11-3-1-2-9-6-7-16-13(9)11/h1-8H,(H2,14,15). The summed E-state index contributed by atoms with van der Waals surface area (Å²) in [6.45, 7) is 0. The molecule has 0 amide bonds. The SMILES string of the molecule is Nc1ccc(-c2cccc3ccsc23)cn1. The topological polar surface area (TPSA) is 38.9 Å². The Bertz CT molecular complexity index is 626. The molecule has 0 saturated heterocycles. The molecular weight excluding hydrogens is 216 g/mol. The van der Waals surface area contributed by atoms with Crippen LogP contribution in [0.25, 0.3) is 21.2 Å². The van der Waals surface area contributed by atoms with Gasteiger partial charge < -0.3 is 5.73 Å². The van der Waals surface area contributed by atoms with Gasteiger partial charge in [0.15, 0.2) is 0 Å². The fourth-order valence-electron chi connectivity index (χ4n) is 1.78. The Balaban J connectivity index is 2.25. The molecule has 78 valence electrons. The number of anilines is 1. The number of hydrogen-bond acceptors (Lipinski definition) is 3. The quantitative estimate of drug-likeness (QED) is 0.689. The third kappa shape index (κ3) is 1.46. The summed E-state index contributed by atoms with van der Waals surface area (Å²) in [5, 5.41) is 3.39. The summed E-state index contributed by atoms with van der Waals surface area (Å²) in [7, 11) is 0. The van der Waals surface area contributed by atoms with Crippen LogP contribution < -0.4 is 5.73 Å². The molecule has 2 aromatic heterocycles. The number of benzene rings is 1. The smallest absolute Gasteiger partial charge is 0.123 e. The number of fused-ring (bicyclic) bond motifs is 1. The number of pyridine rings is 1. The van der Waals surface area contributed by atoms with E-state index < -0.39 is 0 Å². The van der Waals surface area contributed by atoms with Gasteiger partial charge in [-0.3, -0.25) is 0 Å². The second-order valence-electron chi connectivity index (χ2n) is 3.62. The molecule has 1 aromatic carbocycles. The predicted octanol–water partition coefficient (Wildman–Crippen LogP) is 3.55. The molecule has 3 heteroatoms. The zero-order valence-corrected chi connectivity index (χ0v) is 9.37. The molecular formula is C13H10N2S. The van der Waals surface area contributed by atoms with E-state index >= 15 is 0 Å². The maximum absolute atomic E-state index is 5.59. The van der Waals surface area contributed by atoms with Crippen molar-refractivity contribution in [2.45, 2.75) is 0 Å². The lowest BCUT2D eigenvalue weighted by molar-refractivity contribution is 1.34. The first kappa shape index (κ1) is 9.36. The molecule has 2 N–H and O–H groups in total. The largest absolute Gasteiger partial charge is 0.384 e. The minimum Gasteiger partial charge on any atom is -0.384 e. The van der Waals surface area contributed by atoms with Gasteiger partial charge in [0.05, 0.1) is 0 Å². The second kappa shape index (κ2) is 3.61. The molecule has 16 heavy (non-hydrogen) atoms. The average molecular weight is 226 g/mol. The molecule has 0 saturated carbocycles. The van der Waals surface area contributed by atoms with Crippen LogP contribution in [0.15, 0.2) is 48.0 Å². The Morgan fingerprint density at radius 3 is 2.81 bits per heavy atom. The molecule has 0 fully saturated rings. The Morgan fingerprint density at radius 2 is 2.00 bits per heavy atom. The van der Waals surface area contributed by atoms with Crippen molar-refractivity contribution in [1.82, 2.24) is 4.98 Å². The summed E-state index contributed by atoms with van der Waals surface area (Å²) in [6, 6.07) is 12.3. The third-order valence-corrected chi connectivity index (χ3v) is 3.54. The number of nitrogens with two attached hydrogens (primary N) is 1. The van der Waals surface area contributed by atoms with Crippen LogP contribution >= 0.6 is 11.3 Å². The van der Waals surface area contributed by atoms with Crippen LogP contribution in [0, 0.1) is 0 Å². The summed E-state index contributed by atoms with van der Waals surface area (Å²) < 4.78 is 1.30. The summed E-state index contributed by atoms with van der Waals surface area (Å²) in [5.41, 5.74) is 7.92. The van der Waals surface area contributed by atoms with E-state index in [1.54, 1.807) is 11.3 Å². The lowest BCUT2D eigenvalue weighted by atomic mass is 10.1. The highest BCUT2D eigenvalue weighted by molar-refractivity contribution is 7.17. The fourth-order valence-corrected chi connectivity index (χ4v) is 2.72. The minimum atomic E-state index is 0.558. The molecule has 0 aliphatic carbocycles. The van der Waals surface area contributed by atoms with Crippen LogP contribution in [0.5, 0.6) is 0 Å². The highest BCUT2D eigenvalue weighted by atomic mass is 32.1. The van der Waals surface area contributed by atoms with E-state index in [9.17, 15) is 0 Å². The first-order valence-corrected chi connectivity index (χ1v) is 5.91. The lowest BCUT2D eigenvalue weighted by Crippen LogP contribution is -1.88. The first-order chi connectivity index (χ1) is 7.84. The third-order valence-electron chi connectivity index (χ3n) is 2.58. The number of rotatable bonds is 1. The van der Waals surface area contributed by atoms with Crippen molar-refractivity contribution in [3.8, 4) is 11.1 Å². The van der Waals surface area contributed by atoms with Crippen molar-refractivity contribution in [2.24, 2.45) is 0 Å². The second-order valence-corrected chi connectivity index (χ2v) is 4.53. The summed E-state index contributed by atoms with van der Waals surface area (Å²) in [5.74, 6) is 0.558. The molecule has 0 radical (unpaired) electrons. The van der Waals surface area contributed by atoms with Gasteiger partial charge in [0.2, 0.25) is 0 Å². The van der Waals surface area contributed by atoms with Crippen LogP contribution in [0.1, 0.15) is 0 Å². The molecule has 0 atom stereocenters. The summed E-state index contributed by atoms with van der Waals surface area (Å²) in [6.07, 6.45) is 1.82. The lowest BCUT2D eigenvalue weighted by Gasteiger charge is -2.03. The fraction of sp³-hybridized carbons (Fsp3) is 0. The molecule has 2 heterocycles. The predicted molar refractivity (Wildman–Crippen MR) is 69.5 cm³/mol. The van der Waals surface area contributed by atoms with Crippen LogP contribution in [0.2, 0.25) is 0 Å². The van der Waals surface area contributed by atoms with Crippen molar-refractivity contribution >= 4 is 27.2 Å². The van der Waals surface area contributed by atoms with Crippen LogP contribution in [0.3, 0.4) is 0 Å². The van der Waals surface area contributed by atoms with Gasteiger partial charge in [0.1, 0.15) is 5.82 Å². The van der Waals surface area contributed by atoms with Gasteiger partial charge in [-0.25, -0.2) is 4.98 Å². The zero-order chi connectivity index (χ0) is 11.0.